The Hall–Kier alpha value is -1.18. The molecule has 0 atom stereocenters. The highest BCUT2D eigenvalue weighted by molar-refractivity contribution is 7.88. The topological polar surface area (TPSA) is 66.5 Å². The van der Waals surface area contributed by atoms with Crippen LogP contribution < -0.4 is 5.32 Å². The van der Waals surface area contributed by atoms with Crippen LogP contribution in [0.4, 0.5) is 4.39 Å². The number of nitrogens with zero attached hydrogens (tertiary/aromatic N) is 1. The molecule has 0 spiro atoms. The van der Waals surface area contributed by atoms with Gasteiger partial charge in [-0.25, -0.2) is 12.8 Å². The normalized spacial score (nSPS) is 15.2. The van der Waals surface area contributed by atoms with Gasteiger partial charge < -0.3 is 5.32 Å². The van der Waals surface area contributed by atoms with Crippen molar-refractivity contribution in [1.29, 1.82) is 0 Å². The van der Waals surface area contributed by atoms with Gasteiger partial charge in [0.1, 0.15) is 5.82 Å². The summed E-state index contributed by atoms with van der Waals surface area (Å²) in [6.07, 6.45) is 2.81. The van der Waals surface area contributed by atoms with Crippen molar-refractivity contribution in [3.05, 3.63) is 34.6 Å². The highest BCUT2D eigenvalue weighted by Crippen LogP contribution is 2.28. The average molecular weight is 335 g/mol. The molecule has 0 saturated heterocycles. The van der Waals surface area contributed by atoms with Crippen LogP contribution >= 0.6 is 11.6 Å². The van der Waals surface area contributed by atoms with Gasteiger partial charge in [-0.15, -0.1) is 0 Å². The molecule has 116 valence electrons. The molecule has 0 bridgehead atoms. The number of halogens is 2. The lowest BCUT2D eigenvalue weighted by atomic mass is 10.2. The third kappa shape index (κ3) is 4.15. The molecule has 1 aliphatic rings. The van der Waals surface area contributed by atoms with Crippen LogP contribution in [0.2, 0.25) is 5.02 Å². The van der Waals surface area contributed by atoms with Crippen LogP contribution in [-0.2, 0) is 10.0 Å². The molecule has 1 aliphatic carbocycles. The molecule has 1 amide bonds. The van der Waals surface area contributed by atoms with Gasteiger partial charge in [0, 0.05) is 19.1 Å². The maximum atomic E-state index is 13.6. The SMILES string of the molecule is CS(=O)(=O)N(CCNC(=O)c1c(F)cccc1Cl)C1CC1. The van der Waals surface area contributed by atoms with Crippen molar-refractivity contribution in [2.75, 3.05) is 19.3 Å². The molecule has 0 radical (unpaired) electrons. The lowest BCUT2D eigenvalue weighted by molar-refractivity contribution is 0.0947. The predicted octanol–water partition coefficient (Wildman–Crippen LogP) is 1.63. The Morgan fingerprint density at radius 2 is 2.14 bits per heavy atom. The van der Waals surface area contributed by atoms with Gasteiger partial charge in [-0.05, 0) is 25.0 Å². The van der Waals surface area contributed by atoms with Gasteiger partial charge in [0.15, 0.2) is 0 Å². The van der Waals surface area contributed by atoms with E-state index in [0.29, 0.717) is 0 Å². The molecule has 2 rings (SSSR count). The van der Waals surface area contributed by atoms with Crippen molar-refractivity contribution in [3.8, 4) is 0 Å². The minimum Gasteiger partial charge on any atom is -0.351 e. The first-order valence-corrected chi connectivity index (χ1v) is 8.72. The van der Waals surface area contributed by atoms with E-state index in [9.17, 15) is 17.6 Å². The highest BCUT2D eigenvalue weighted by atomic mass is 35.5. The summed E-state index contributed by atoms with van der Waals surface area (Å²) in [4.78, 5) is 11.9. The van der Waals surface area contributed by atoms with Crippen LogP contribution in [0.3, 0.4) is 0 Å². The zero-order chi connectivity index (χ0) is 15.6. The van der Waals surface area contributed by atoms with Crippen molar-refractivity contribution >= 4 is 27.5 Å². The summed E-state index contributed by atoms with van der Waals surface area (Å²) in [6, 6.07) is 4.00. The number of hydrogen-bond acceptors (Lipinski definition) is 3. The van der Waals surface area contributed by atoms with E-state index < -0.39 is 21.7 Å². The fourth-order valence-corrected chi connectivity index (χ4v) is 3.49. The molecule has 0 heterocycles. The van der Waals surface area contributed by atoms with Gasteiger partial charge >= 0.3 is 0 Å². The molecular formula is C13H16ClFN2O3S. The van der Waals surface area contributed by atoms with E-state index in [1.807, 2.05) is 0 Å². The van der Waals surface area contributed by atoms with E-state index in [2.05, 4.69) is 5.32 Å². The molecule has 1 N–H and O–H groups in total. The number of benzene rings is 1. The Morgan fingerprint density at radius 1 is 1.48 bits per heavy atom. The van der Waals surface area contributed by atoms with E-state index >= 15 is 0 Å². The minimum atomic E-state index is -3.30. The molecular weight excluding hydrogens is 319 g/mol. The van der Waals surface area contributed by atoms with Crippen molar-refractivity contribution in [2.24, 2.45) is 0 Å². The van der Waals surface area contributed by atoms with E-state index in [4.69, 9.17) is 11.6 Å². The molecule has 1 aromatic rings. The Kier molecular flexibility index (Phi) is 4.85. The summed E-state index contributed by atoms with van der Waals surface area (Å²) in [7, 11) is -3.30. The number of amides is 1. The number of carbonyl (C=O) groups excluding carboxylic acids is 1. The fraction of sp³-hybridized carbons (Fsp3) is 0.462. The van der Waals surface area contributed by atoms with Crippen LogP contribution in [0, 0.1) is 5.82 Å². The second kappa shape index (κ2) is 6.29. The summed E-state index contributed by atoms with van der Waals surface area (Å²) >= 11 is 5.79. The second-order valence-electron chi connectivity index (χ2n) is 4.96. The lowest BCUT2D eigenvalue weighted by Crippen LogP contribution is -2.39. The second-order valence-corrected chi connectivity index (χ2v) is 7.30. The summed E-state index contributed by atoms with van der Waals surface area (Å²) in [5, 5.41) is 2.52. The monoisotopic (exact) mass is 334 g/mol. The molecule has 1 saturated carbocycles. The van der Waals surface area contributed by atoms with Crippen LogP contribution in [0.1, 0.15) is 23.2 Å². The summed E-state index contributed by atoms with van der Waals surface area (Å²) in [6.45, 7) is 0.272. The molecule has 21 heavy (non-hydrogen) atoms. The van der Waals surface area contributed by atoms with Crippen molar-refractivity contribution in [3.63, 3.8) is 0 Å². The molecule has 0 unspecified atom stereocenters. The van der Waals surface area contributed by atoms with Crippen molar-refractivity contribution in [2.45, 2.75) is 18.9 Å². The van der Waals surface area contributed by atoms with Crippen LogP contribution in [-0.4, -0.2) is 44.0 Å². The number of rotatable bonds is 6. The first kappa shape index (κ1) is 16.2. The maximum Gasteiger partial charge on any atom is 0.255 e. The smallest absolute Gasteiger partial charge is 0.255 e. The highest BCUT2D eigenvalue weighted by Gasteiger charge is 2.34. The van der Waals surface area contributed by atoms with Gasteiger partial charge in [-0.2, -0.15) is 4.31 Å². The minimum absolute atomic E-state index is 0.0222. The van der Waals surface area contributed by atoms with Gasteiger partial charge in [0.25, 0.3) is 5.91 Å². The van der Waals surface area contributed by atoms with Gasteiger partial charge in [-0.1, -0.05) is 17.7 Å². The van der Waals surface area contributed by atoms with Crippen molar-refractivity contribution < 1.29 is 17.6 Å². The number of sulfonamides is 1. The van der Waals surface area contributed by atoms with E-state index in [-0.39, 0.29) is 29.7 Å². The number of hydrogen-bond donors (Lipinski definition) is 1. The molecule has 1 aromatic carbocycles. The Balaban J connectivity index is 1.95. The summed E-state index contributed by atoms with van der Waals surface area (Å²) in [5.74, 6) is -1.36. The van der Waals surface area contributed by atoms with Gasteiger partial charge in [-0.3, -0.25) is 4.79 Å². The van der Waals surface area contributed by atoms with E-state index in [1.54, 1.807) is 0 Å². The van der Waals surface area contributed by atoms with E-state index in [0.717, 1.165) is 25.2 Å². The Bertz CT molecular complexity index is 627. The largest absolute Gasteiger partial charge is 0.351 e. The fourth-order valence-electron chi connectivity index (χ4n) is 2.06. The summed E-state index contributed by atoms with van der Waals surface area (Å²) < 4.78 is 38.1. The number of nitrogens with one attached hydrogen (secondary N) is 1. The third-order valence-corrected chi connectivity index (χ3v) is 4.84. The molecule has 1 fully saturated rings. The van der Waals surface area contributed by atoms with Gasteiger partial charge in [0.2, 0.25) is 10.0 Å². The van der Waals surface area contributed by atoms with E-state index in [1.165, 1.54) is 16.4 Å². The lowest BCUT2D eigenvalue weighted by Gasteiger charge is -2.19. The predicted molar refractivity (Wildman–Crippen MR) is 78.3 cm³/mol. The van der Waals surface area contributed by atoms with Crippen LogP contribution in [0.25, 0.3) is 0 Å². The molecule has 0 aromatic heterocycles. The Morgan fingerprint density at radius 3 is 2.67 bits per heavy atom. The average Bonchev–Trinajstić information content (AvgIpc) is 3.17. The standard InChI is InChI=1S/C13H16ClFN2O3S/c1-21(19,20)17(9-5-6-9)8-7-16-13(18)12-10(14)3-2-4-11(12)15/h2-4,9H,5-8H2,1H3,(H,16,18). The zero-order valence-electron chi connectivity index (χ0n) is 11.5. The van der Waals surface area contributed by atoms with Crippen LogP contribution in [0.5, 0.6) is 0 Å². The molecule has 5 nitrogen and oxygen atoms in total. The third-order valence-electron chi connectivity index (χ3n) is 3.19. The zero-order valence-corrected chi connectivity index (χ0v) is 13.0. The number of carbonyl (C=O) groups is 1. The summed E-state index contributed by atoms with van der Waals surface area (Å²) in [5.41, 5.74) is -0.225. The van der Waals surface area contributed by atoms with Gasteiger partial charge in [0.05, 0.1) is 16.8 Å². The molecule has 8 heteroatoms. The van der Waals surface area contributed by atoms with Crippen LogP contribution in [0.15, 0.2) is 18.2 Å². The molecule has 0 aliphatic heterocycles. The first-order chi connectivity index (χ1) is 9.80. The maximum absolute atomic E-state index is 13.6. The van der Waals surface area contributed by atoms with Crippen molar-refractivity contribution in [1.82, 2.24) is 9.62 Å². The first-order valence-electron chi connectivity index (χ1n) is 6.49. The Labute approximate surface area is 128 Å². The quantitative estimate of drug-likeness (QED) is 0.860.